The van der Waals surface area contributed by atoms with Crippen LogP contribution in [-0.4, -0.2) is 28.6 Å². The van der Waals surface area contributed by atoms with Gasteiger partial charge in [-0.25, -0.2) is 4.79 Å². The van der Waals surface area contributed by atoms with Crippen LogP contribution in [0.15, 0.2) is 18.2 Å². The summed E-state index contributed by atoms with van der Waals surface area (Å²) in [5.74, 6) is -1.04. The molecule has 0 spiro atoms. The van der Waals surface area contributed by atoms with Crippen LogP contribution in [0.25, 0.3) is 0 Å². The number of carbonyl (C=O) groups excluding carboxylic acids is 1. The van der Waals surface area contributed by atoms with Gasteiger partial charge >= 0.3 is 5.97 Å². The van der Waals surface area contributed by atoms with Crippen molar-refractivity contribution in [3.05, 3.63) is 29.3 Å². The van der Waals surface area contributed by atoms with Crippen LogP contribution in [0.1, 0.15) is 45.2 Å². The summed E-state index contributed by atoms with van der Waals surface area (Å²) in [6, 6.07) is 4.80. The van der Waals surface area contributed by atoms with Crippen LogP contribution in [0.5, 0.6) is 5.75 Å². The van der Waals surface area contributed by atoms with Crippen LogP contribution < -0.4 is 10.1 Å². The average Bonchev–Trinajstić information content (AvgIpc) is 2.41. The summed E-state index contributed by atoms with van der Waals surface area (Å²) in [6.07, 6.45) is 0.662. The Labute approximate surface area is 138 Å². The van der Waals surface area contributed by atoms with Gasteiger partial charge in [-0.3, -0.25) is 4.79 Å². The Bertz CT molecular complexity index is 560. The zero-order valence-corrected chi connectivity index (χ0v) is 14.8. The van der Waals surface area contributed by atoms with E-state index in [0.29, 0.717) is 12.2 Å². The molecule has 0 fully saturated rings. The van der Waals surface area contributed by atoms with Gasteiger partial charge in [-0.15, -0.1) is 0 Å². The Morgan fingerprint density at radius 2 is 1.74 bits per heavy atom. The van der Waals surface area contributed by atoms with Crippen molar-refractivity contribution in [2.24, 2.45) is 5.92 Å². The molecule has 2 atom stereocenters. The Balaban J connectivity index is 2.89. The molecular weight excluding hydrogens is 294 g/mol. The smallest absolute Gasteiger partial charge is 0.326 e. The number of benzene rings is 1. The standard InChI is InChI=1S/C18H27NO4/c1-7-13(4)15(16(20)21)19-17(22)18(5,6)23-14-9-11(2)8-12(3)10-14/h8-10,13,15H,7H2,1-6H3,(H,19,22)(H,20,21). The minimum Gasteiger partial charge on any atom is -0.480 e. The van der Waals surface area contributed by atoms with E-state index in [9.17, 15) is 14.7 Å². The Morgan fingerprint density at radius 3 is 2.17 bits per heavy atom. The highest BCUT2D eigenvalue weighted by Crippen LogP contribution is 2.22. The van der Waals surface area contributed by atoms with Crippen LogP contribution in [0.3, 0.4) is 0 Å². The van der Waals surface area contributed by atoms with Gasteiger partial charge in [0.05, 0.1) is 0 Å². The molecule has 23 heavy (non-hydrogen) atoms. The van der Waals surface area contributed by atoms with Gasteiger partial charge in [-0.05, 0) is 56.9 Å². The number of carboxylic acid groups (broad SMARTS) is 1. The van der Waals surface area contributed by atoms with Gasteiger partial charge in [-0.1, -0.05) is 26.3 Å². The molecule has 5 nitrogen and oxygen atoms in total. The summed E-state index contributed by atoms with van der Waals surface area (Å²) < 4.78 is 5.81. The minimum atomic E-state index is -1.17. The SMILES string of the molecule is CCC(C)C(NC(=O)C(C)(C)Oc1cc(C)cc(C)c1)C(=O)O. The highest BCUT2D eigenvalue weighted by molar-refractivity contribution is 5.89. The first-order valence-corrected chi connectivity index (χ1v) is 7.88. The summed E-state index contributed by atoms with van der Waals surface area (Å²) in [4.78, 5) is 23.8. The van der Waals surface area contributed by atoms with Crippen molar-refractivity contribution in [3.63, 3.8) is 0 Å². The fourth-order valence-corrected chi connectivity index (χ4v) is 2.33. The van der Waals surface area contributed by atoms with Gasteiger partial charge in [0, 0.05) is 0 Å². The maximum atomic E-state index is 12.5. The number of amides is 1. The first-order valence-electron chi connectivity index (χ1n) is 7.88. The third-order valence-corrected chi connectivity index (χ3v) is 3.88. The maximum absolute atomic E-state index is 12.5. The highest BCUT2D eigenvalue weighted by atomic mass is 16.5. The minimum absolute atomic E-state index is 0.159. The zero-order chi connectivity index (χ0) is 17.8. The van der Waals surface area contributed by atoms with E-state index in [-0.39, 0.29) is 5.92 Å². The molecule has 0 saturated heterocycles. The van der Waals surface area contributed by atoms with Crippen molar-refractivity contribution >= 4 is 11.9 Å². The molecule has 5 heteroatoms. The lowest BCUT2D eigenvalue weighted by Crippen LogP contribution is -2.54. The number of rotatable bonds is 7. The molecule has 0 bridgehead atoms. The van der Waals surface area contributed by atoms with E-state index >= 15 is 0 Å². The van der Waals surface area contributed by atoms with Crippen molar-refractivity contribution in [2.75, 3.05) is 0 Å². The van der Waals surface area contributed by atoms with Gasteiger partial charge in [0.2, 0.25) is 0 Å². The second kappa shape index (κ2) is 7.49. The Hall–Kier alpha value is -2.04. The van der Waals surface area contributed by atoms with E-state index < -0.39 is 23.5 Å². The lowest BCUT2D eigenvalue weighted by atomic mass is 9.98. The predicted octanol–water partition coefficient (Wildman–Crippen LogP) is 3.08. The summed E-state index contributed by atoms with van der Waals surface area (Å²) in [6.45, 7) is 10.9. The first-order chi connectivity index (χ1) is 10.6. The van der Waals surface area contributed by atoms with Crippen LogP contribution in [0.4, 0.5) is 0 Å². The van der Waals surface area contributed by atoms with Crippen LogP contribution >= 0.6 is 0 Å². The lowest BCUT2D eigenvalue weighted by molar-refractivity contribution is -0.146. The van der Waals surface area contributed by atoms with E-state index in [1.165, 1.54) is 0 Å². The number of ether oxygens (including phenoxy) is 1. The highest BCUT2D eigenvalue weighted by Gasteiger charge is 2.35. The maximum Gasteiger partial charge on any atom is 0.326 e. The Morgan fingerprint density at radius 1 is 1.22 bits per heavy atom. The molecule has 2 N–H and O–H groups in total. The molecule has 0 saturated carbocycles. The van der Waals surface area contributed by atoms with Crippen LogP contribution in [-0.2, 0) is 9.59 Å². The van der Waals surface area contributed by atoms with Crippen molar-refractivity contribution in [2.45, 2.75) is 59.6 Å². The first kappa shape index (κ1) is 19.0. The van der Waals surface area contributed by atoms with Crippen molar-refractivity contribution in [1.29, 1.82) is 0 Å². The molecule has 0 aliphatic heterocycles. The van der Waals surface area contributed by atoms with Gasteiger partial charge in [0.25, 0.3) is 5.91 Å². The molecule has 0 aliphatic rings. The second-order valence-corrected chi connectivity index (χ2v) is 6.61. The molecule has 0 aliphatic carbocycles. The number of hydrogen-bond donors (Lipinski definition) is 2. The van der Waals surface area contributed by atoms with Gasteiger partial charge in [-0.2, -0.15) is 0 Å². The van der Waals surface area contributed by atoms with Gasteiger partial charge < -0.3 is 15.2 Å². The average molecular weight is 321 g/mol. The third kappa shape index (κ3) is 5.27. The summed E-state index contributed by atoms with van der Waals surface area (Å²) in [7, 11) is 0. The van der Waals surface area contributed by atoms with Crippen LogP contribution in [0.2, 0.25) is 0 Å². The molecule has 1 aromatic rings. The molecule has 0 aromatic heterocycles. The third-order valence-electron chi connectivity index (χ3n) is 3.88. The molecule has 128 valence electrons. The number of carbonyl (C=O) groups is 2. The second-order valence-electron chi connectivity index (χ2n) is 6.61. The fraction of sp³-hybridized carbons (Fsp3) is 0.556. The molecule has 1 rings (SSSR count). The molecule has 1 amide bonds. The van der Waals surface area contributed by atoms with E-state index in [1.54, 1.807) is 20.8 Å². The van der Waals surface area contributed by atoms with Gasteiger partial charge in [0.15, 0.2) is 5.60 Å². The topological polar surface area (TPSA) is 75.6 Å². The number of aryl methyl sites for hydroxylation is 2. The number of carboxylic acids is 1. The summed E-state index contributed by atoms with van der Waals surface area (Å²) in [5, 5.41) is 11.9. The monoisotopic (exact) mass is 321 g/mol. The van der Waals surface area contributed by atoms with Crippen molar-refractivity contribution < 1.29 is 19.4 Å². The van der Waals surface area contributed by atoms with Crippen molar-refractivity contribution in [1.82, 2.24) is 5.32 Å². The normalized spacial score (nSPS) is 14.0. The molecule has 0 heterocycles. The fourth-order valence-electron chi connectivity index (χ4n) is 2.33. The van der Waals surface area contributed by atoms with Crippen molar-refractivity contribution in [3.8, 4) is 5.75 Å². The van der Waals surface area contributed by atoms with E-state index in [2.05, 4.69) is 5.32 Å². The molecule has 0 radical (unpaired) electrons. The number of aliphatic carboxylic acids is 1. The van der Waals surface area contributed by atoms with Gasteiger partial charge in [0.1, 0.15) is 11.8 Å². The largest absolute Gasteiger partial charge is 0.480 e. The number of nitrogens with one attached hydrogen (secondary N) is 1. The predicted molar refractivity (Wildman–Crippen MR) is 89.6 cm³/mol. The zero-order valence-electron chi connectivity index (χ0n) is 14.8. The Kier molecular flexibility index (Phi) is 6.19. The van der Waals surface area contributed by atoms with E-state index in [0.717, 1.165) is 11.1 Å². The summed E-state index contributed by atoms with van der Waals surface area (Å²) in [5.41, 5.74) is 0.917. The lowest BCUT2D eigenvalue weighted by Gasteiger charge is -2.29. The van der Waals surface area contributed by atoms with E-state index in [1.807, 2.05) is 39.0 Å². The molecule has 1 aromatic carbocycles. The van der Waals surface area contributed by atoms with Crippen LogP contribution in [0, 0.1) is 19.8 Å². The van der Waals surface area contributed by atoms with E-state index in [4.69, 9.17) is 4.74 Å². The molecular formula is C18H27NO4. The number of hydrogen-bond acceptors (Lipinski definition) is 3. The quantitative estimate of drug-likeness (QED) is 0.809. The molecule has 2 unspecified atom stereocenters. The summed E-state index contributed by atoms with van der Waals surface area (Å²) >= 11 is 0.